The normalized spacial score (nSPS) is 16.1. The summed E-state index contributed by atoms with van der Waals surface area (Å²) < 4.78 is 16.9. The van der Waals surface area contributed by atoms with Gasteiger partial charge < -0.3 is 30.2 Å². The Kier molecular flexibility index (Phi) is 15.3. The number of rotatable bonds is 15. The number of aromatic amines is 1. The number of pyridine rings is 1. The van der Waals surface area contributed by atoms with Crippen LogP contribution in [0.5, 0.6) is 0 Å². The SMILES string of the molecule is CCn1cc(-c2cnc(C(=O)N3CCC(CN4CCN(CC(=O)N5CCN(C(=O)c6cc(Cc7n[nH]c(=O)c8ccccc78)ccc6F)CC5)CC4)CC3)c(NC(=O)CNCc3cccc(C)c3)c2)cn1. The van der Waals surface area contributed by atoms with Crippen LogP contribution < -0.4 is 16.2 Å². The first-order chi connectivity index (χ1) is 34.5. The fourth-order valence-electron chi connectivity index (χ4n) is 9.84. The molecule has 3 aromatic heterocycles. The number of hydrogen-bond acceptors (Lipinski definition) is 11. The molecule has 6 heterocycles. The summed E-state index contributed by atoms with van der Waals surface area (Å²) >= 11 is 0. The van der Waals surface area contributed by atoms with Gasteiger partial charge in [0.1, 0.15) is 5.82 Å². The zero-order chi connectivity index (χ0) is 49.4. The minimum atomic E-state index is -0.612. The fraction of sp³-hybridized carbons (Fsp3) is 0.396. The van der Waals surface area contributed by atoms with Crippen LogP contribution in [0.25, 0.3) is 21.9 Å². The number of carbonyl (C=O) groups excluding carboxylic acids is 4. The lowest BCUT2D eigenvalue weighted by atomic mass is 9.95. The molecule has 0 unspecified atom stereocenters. The summed E-state index contributed by atoms with van der Waals surface area (Å²) in [5.74, 6) is -1.07. The Morgan fingerprint density at radius 2 is 1.49 bits per heavy atom. The number of H-pyrrole nitrogens is 1. The zero-order valence-corrected chi connectivity index (χ0v) is 40.4. The third kappa shape index (κ3) is 11.9. The summed E-state index contributed by atoms with van der Waals surface area (Å²) in [5.41, 5.74) is 5.42. The number of nitrogens with zero attached hydrogens (tertiary/aromatic N) is 9. The lowest BCUT2D eigenvalue weighted by Gasteiger charge is -2.40. The van der Waals surface area contributed by atoms with Crippen molar-refractivity contribution in [2.75, 3.05) is 90.4 Å². The number of piperazine rings is 2. The van der Waals surface area contributed by atoms with Crippen LogP contribution in [0.15, 0.2) is 96.2 Å². The molecule has 3 aliphatic heterocycles. The highest BCUT2D eigenvalue weighted by Crippen LogP contribution is 2.28. The number of nitrogens with one attached hydrogen (secondary N) is 3. The number of benzene rings is 3. The second-order valence-corrected chi connectivity index (χ2v) is 18.9. The maximum atomic E-state index is 15.1. The van der Waals surface area contributed by atoms with E-state index in [1.54, 1.807) is 46.5 Å². The Hall–Kier alpha value is -7.15. The quantitative estimate of drug-likeness (QED) is 0.132. The molecule has 3 fully saturated rings. The molecule has 370 valence electrons. The van der Waals surface area contributed by atoms with Gasteiger partial charge in [-0.15, -0.1) is 0 Å². The second kappa shape index (κ2) is 22.3. The van der Waals surface area contributed by atoms with Crippen LogP contribution in [0.4, 0.5) is 10.1 Å². The molecule has 0 atom stereocenters. The average Bonchev–Trinajstić information content (AvgIpc) is 3.88. The van der Waals surface area contributed by atoms with E-state index in [1.165, 1.54) is 6.07 Å². The van der Waals surface area contributed by atoms with E-state index in [1.807, 2.05) is 66.0 Å². The molecular formula is C53H61FN12O5. The number of fused-ring (bicyclic) bond motifs is 1. The van der Waals surface area contributed by atoms with Gasteiger partial charge in [-0.1, -0.05) is 54.1 Å². The molecule has 3 aliphatic rings. The topological polar surface area (TPSA) is 185 Å². The van der Waals surface area contributed by atoms with Gasteiger partial charge in [-0.25, -0.2) is 14.5 Å². The van der Waals surface area contributed by atoms with Crippen LogP contribution in [0.3, 0.4) is 0 Å². The van der Waals surface area contributed by atoms with Crippen molar-refractivity contribution in [1.82, 2.24) is 54.8 Å². The van der Waals surface area contributed by atoms with Crippen LogP contribution in [0.2, 0.25) is 0 Å². The Morgan fingerprint density at radius 3 is 2.24 bits per heavy atom. The Bertz CT molecular complexity index is 2950. The van der Waals surface area contributed by atoms with Gasteiger partial charge >= 0.3 is 0 Å². The van der Waals surface area contributed by atoms with Crippen LogP contribution in [-0.2, 0) is 29.1 Å². The van der Waals surface area contributed by atoms with Crippen molar-refractivity contribution in [3.63, 3.8) is 0 Å². The predicted octanol–water partition coefficient (Wildman–Crippen LogP) is 4.42. The molecule has 9 rings (SSSR count). The molecule has 0 aliphatic carbocycles. The van der Waals surface area contributed by atoms with Crippen LogP contribution in [-0.4, -0.2) is 158 Å². The molecule has 4 amide bonds. The van der Waals surface area contributed by atoms with Crippen molar-refractivity contribution in [3.05, 3.63) is 141 Å². The van der Waals surface area contributed by atoms with Gasteiger partial charge in [0.05, 0.1) is 41.6 Å². The predicted molar refractivity (Wildman–Crippen MR) is 268 cm³/mol. The fourth-order valence-corrected chi connectivity index (χ4v) is 9.84. The number of piperidine rings is 1. The molecule has 3 aromatic carbocycles. The first kappa shape index (κ1) is 48.9. The molecule has 0 saturated carbocycles. The van der Waals surface area contributed by atoms with Gasteiger partial charge in [-0.2, -0.15) is 10.2 Å². The minimum absolute atomic E-state index is 0.0191. The van der Waals surface area contributed by atoms with Crippen molar-refractivity contribution in [2.24, 2.45) is 5.92 Å². The number of anilines is 1. The highest BCUT2D eigenvalue weighted by atomic mass is 19.1. The summed E-state index contributed by atoms with van der Waals surface area (Å²) in [6.45, 7) is 12.3. The number of carbonyl (C=O) groups is 4. The van der Waals surface area contributed by atoms with Crippen LogP contribution >= 0.6 is 0 Å². The van der Waals surface area contributed by atoms with Gasteiger partial charge in [0, 0.05) is 120 Å². The molecule has 3 saturated heterocycles. The Labute approximate surface area is 412 Å². The molecule has 71 heavy (non-hydrogen) atoms. The monoisotopic (exact) mass is 964 g/mol. The van der Waals surface area contributed by atoms with E-state index in [0.29, 0.717) is 99.0 Å². The van der Waals surface area contributed by atoms with Crippen LogP contribution in [0, 0.1) is 18.7 Å². The molecular weight excluding hydrogens is 904 g/mol. The highest BCUT2D eigenvalue weighted by molar-refractivity contribution is 6.03. The molecule has 3 N–H and O–H groups in total. The Balaban J connectivity index is 0.717. The smallest absolute Gasteiger partial charge is 0.274 e. The third-order valence-corrected chi connectivity index (χ3v) is 13.9. The van der Waals surface area contributed by atoms with Crippen LogP contribution in [0.1, 0.15) is 63.0 Å². The standard InChI is InChI=1S/C53H61FN12O5/c1-3-66-34-41(31-57-66)40-28-47(58-48(67)32-55-29-39-8-6-7-36(2)25-39)50(56-30-40)53(71)64-15-13-37(14-16-64)33-61-17-19-62(20-18-61)35-49(68)63-21-23-65(24-22-63)52(70)44-26-38(11-12-45(44)54)27-46-42-9-4-5-10-43(42)51(69)60-59-46/h4-12,25-26,28,30-31,34,37,55H,3,13-24,27,29,32-33,35H2,1-2H3,(H,58,67)(H,60,69). The van der Waals surface area contributed by atoms with E-state index in [2.05, 4.69) is 46.8 Å². The summed E-state index contributed by atoms with van der Waals surface area (Å²) in [4.78, 5) is 81.2. The zero-order valence-electron chi connectivity index (χ0n) is 40.4. The molecule has 6 aromatic rings. The number of hydrogen-bond donors (Lipinski definition) is 3. The minimum Gasteiger partial charge on any atom is -0.338 e. The molecule has 0 spiro atoms. The van der Waals surface area contributed by atoms with E-state index in [-0.39, 0.29) is 41.1 Å². The molecule has 17 nitrogen and oxygen atoms in total. The number of aryl methyl sites for hydroxylation is 2. The lowest BCUT2D eigenvalue weighted by molar-refractivity contribution is -0.134. The van der Waals surface area contributed by atoms with Crippen molar-refractivity contribution in [1.29, 1.82) is 0 Å². The van der Waals surface area contributed by atoms with Gasteiger partial charge in [-0.05, 0) is 68.0 Å². The summed E-state index contributed by atoms with van der Waals surface area (Å²) in [7, 11) is 0. The van der Waals surface area contributed by atoms with E-state index in [0.717, 1.165) is 67.8 Å². The van der Waals surface area contributed by atoms with E-state index >= 15 is 4.39 Å². The lowest BCUT2D eigenvalue weighted by Crippen LogP contribution is -2.55. The van der Waals surface area contributed by atoms with Crippen molar-refractivity contribution in [2.45, 2.75) is 46.2 Å². The van der Waals surface area contributed by atoms with Crippen molar-refractivity contribution < 1.29 is 23.6 Å². The van der Waals surface area contributed by atoms with Gasteiger partial charge in [0.15, 0.2) is 5.69 Å². The van der Waals surface area contributed by atoms with Crippen molar-refractivity contribution in [3.8, 4) is 11.1 Å². The van der Waals surface area contributed by atoms with Gasteiger partial charge in [-0.3, -0.25) is 33.6 Å². The van der Waals surface area contributed by atoms with Gasteiger partial charge in [0.2, 0.25) is 11.8 Å². The molecule has 0 radical (unpaired) electrons. The number of likely N-dealkylation sites (tertiary alicyclic amines) is 1. The number of halogens is 1. The first-order valence-electron chi connectivity index (χ1n) is 24.6. The maximum absolute atomic E-state index is 15.1. The van der Waals surface area contributed by atoms with E-state index in [4.69, 9.17) is 0 Å². The number of aromatic nitrogens is 5. The summed E-state index contributed by atoms with van der Waals surface area (Å²) in [5, 5.41) is 18.6. The van der Waals surface area contributed by atoms with E-state index in [9.17, 15) is 24.0 Å². The van der Waals surface area contributed by atoms with E-state index < -0.39 is 11.7 Å². The maximum Gasteiger partial charge on any atom is 0.274 e. The number of amides is 4. The highest BCUT2D eigenvalue weighted by Gasteiger charge is 2.31. The second-order valence-electron chi connectivity index (χ2n) is 18.9. The summed E-state index contributed by atoms with van der Waals surface area (Å²) in [6, 6.07) is 21.6. The first-order valence-corrected chi connectivity index (χ1v) is 24.6. The molecule has 0 bridgehead atoms. The third-order valence-electron chi connectivity index (χ3n) is 13.9. The average molecular weight is 965 g/mol. The molecule has 18 heteroatoms. The Morgan fingerprint density at radius 1 is 0.761 bits per heavy atom. The summed E-state index contributed by atoms with van der Waals surface area (Å²) in [6.07, 6.45) is 7.34. The van der Waals surface area contributed by atoms with Gasteiger partial charge in [0.25, 0.3) is 17.4 Å². The largest absolute Gasteiger partial charge is 0.338 e. The van der Waals surface area contributed by atoms with Crippen molar-refractivity contribution >= 4 is 40.1 Å².